The Labute approximate surface area is 214 Å². The molecule has 0 aromatic heterocycles. The number of hydrogen-bond acceptors (Lipinski definition) is 4. The molecule has 204 valence electrons. The van der Waals surface area contributed by atoms with Crippen molar-refractivity contribution in [1.29, 1.82) is 0 Å². The van der Waals surface area contributed by atoms with Gasteiger partial charge in [-0.3, -0.25) is 0 Å². The van der Waals surface area contributed by atoms with E-state index in [0.29, 0.717) is 17.3 Å². The first kappa shape index (κ1) is 29.8. The summed E-state index contributed by atoms with van der Waals surface area (Å²) in [5.74, 6) is 1.34. The van der Waals surface area contributed by atoms with E-state index in [2.05, 4.69) is 13.8 Å². The van der Waals surface area contributed by atoms with E-state index in [9.17, 15) is 9.59 Å². The van der Waals surface area contributed by atoms with Crippen molar-refractivity contribution in [2.24, 2.45) is 28.7 Å². The lowest BCUT2D eigenvalue weighted by Gasteiger charge is -2.51. The zero-order chi connectivity index (χ0) is 25.5. The molecule has 0 atom stereocenters. The number of rotatable bonds is 16. The Morgan fingerprint density at radius 1 is 0.600 bits per heavy atom. The van der Waals surface area contributed by atoms with E-state index < -0.39 is 12.2 Å². The van der Waals surface area contributed by atoms with Crippen molar-refractivity contribution < 1.29 is 19.1 Å². The molecule has 2 fully saturated rings. The fraction of sp³-hybridized carbons (Fsp3) is 0.931. The molecule has 4 N–H and O–H groups in total. The maximum atomic E-state index is 11.3. The van der Waals surface area contributed by atoms with E-state index >= 15 is 0 Å². The maximum absolute atomic E-state index is 11.3. The average Bonchev–Trinajstić information content (AvgIpc) is 2.83. The Kier molecular flexibility index (Phi) is 13.9. The lowest BCUT2D eigenvalue weighted by Crippen LogP contribution is -2.44. The highest BCUT2D eigenvalue weighted by molar-refractivity contribution is 5.65. The van der Waals surface area contributed by atoms with Gasteiger partial charge in [0.05, 0.1) is 0 Å². The highest BCUT2D eigenvalue weighted by atomic mass is 16.6. The number of hydrogen-bond donors (Lipinski definition) is 2. The molecule has 6 heteroatoms. The van der Waals surface area contributed by atoms with Crippen LogP contribution in [-0.2, 0) is 9.47 Å². The molecular formula is C29H54N2O4. The second kappa shape index (κ2) is 16.3. The van der Waals surface area contributed by atoms with Crippen molar-refractivity contribution in [3.63, 3.8) is 0 Å². The molecule has 0 unspecified atom stereocenters. The first-order valence-electron chi connectivity index (χ1n) is 14.8. The molecule has 2 rings (SSSR count). The summed E-state index contributed by atoms with van der Waals surface area (Å²) >= 11 is 0. The Hall–Kier alpha value is -1.46. The summed E-state index contributed by atoms with van der Waals surface area (Å²) in [5, 5.41) is 0. The molecule has 0 spiro atoms. The Morgan fingerprint density at radius 3 is 1.26 bits per heavy atom. The normalized spacial score (nSPS) is 25.2. The topological polar surface area (TPSA) is 105 Å². The van der Waals surface area contributed by atoms with Gasteiger partial charge >= 0.3 is 12.2 Å². The van der Waals surface area contributed by atoms with Gasteiger partial charge in [0, 0.05) is 0 Å². The third-order valence-corrected chi connectivity index (χ3v) is 9.03. The van der Waals surface area contributed by atoms with Crippen LogP contribution in [0.15, 0.2) is 0 Å². The first-order chi connectivity index (χ1) is 16.9. The van der Waals surface area contributed by atoms with Gasteiger partial charge < -0.3 is 20.9 Å². The van der Waals surface area contributed by atoms with Gasteiger partial charge in [-0.25, -0.2) is 9.59 Å². The minimum atomic E-state index is -0.640. The summed E-state index contributed by atoms with van der Waals surface area (Å²) in [5.41, 5.74) is 11.0. The van der Waals surface area contributed by atoms with Gasteiger partial charge in [0.2, 0.25) is 0 Å². The minimum absolute atomic E-state index is 0.0183. The van der Waals surface area contributed by atoms with Crippen LogP contribution in [0.5, 0.6) is 0 Å². The van der Waals surface area contributed by atoms with Crippen molar-refractivity contribution in [2.75, 3.05) is 0 Å². The second-order valence-electron chi connectivity index (χ2n) is 11.4. The smallest absolute Gasteiger partial charge is 0.404 e. The fourth-order valence-electron chi connectivity index (χ4n) is 7.23. The van der Waals surface area contributed by atoms with Crippen LogP contribution in [-0.4, -0.2) is 24.4 Å². The fourth-order valence-corrected chi connectivity index (χ4v) is 7.23. The molecule has 0 bridgehead atoms. The lowest BCUT2D eigenvalue weighted by molar-refractivity contribution is -0.0379. The summed E-state index contributed by atoms with van der Waals surface area (Å²) in [6, 6.07) is 0. The Balaban J connectivity index is 2.15. The molecule has 0 radical (unpaired) electrons. The van der Waals surface area contributed by atoms with Crippen LogP contribution in [0.25, 0.3) is 0 Å². The SMILES string of the molecule is CCCCCCCC(CCCCCCC)(C1CCC(OC(N)=O)CC1)C1CCC(OC(N)=O)CC1. The van der Waals surface area contributed by atoms with Crippen LogP contribution in [0.4, 0.5) is 9.59 Å². The number of primary amides is 2. The molecule has 0 aromatic rings. The molecule has 0 aliphatic heterocycles. The van der Waals surface area contributed by atoms with Crippen LogP contribution >= 0.6 is 0 Å². The molecule has 35 heavy (non-hydrogen) atoms. The first-order valence-corrected chi connectivity index (χ1v) is 14.8. The highest BCUT2D eigenvalue weighted by Gasteiger charge is 2.46. The van der Waals surface area contributed by atoms with Gasteiger partial charge in [-0.05, 0) is 81.5 Å². The number of carbonyl (C=O) groups excluding carboxylic acids is 2. The van der Waals surface area contributed by atoms with E-state index in [1.165, 1.54) is 77.0 Å². The van der Waals surface area contributed by atoms with Gasteiger partial charge in [0.25, 0.3) is 0 Å². The van der Waals surface area contributed by atoms with Crippen molar-refractivity contribution in [3.8, 4) is 0 Å². The Morgan fingerprint density at radius 2 is 0.943 bits per heavy atom. The van der Waals surface area contributed by atoms with Gasteiger partial charge in [-0.15, -0.1) is 0 Å². The zero-order valence-corrected chi connectivity index (χ0v) is 22.7. The summed E-state index contributed by atoms with van der Waals surface area (Å²) in [6.07, 6.45) is 22.7. The van der Waals surface area contributed by atoms with Crippen LogP contribution in [0.1, 0.15) is 142 Å². The third kappa shape index (κ3) is 10.2. The Bertz CT molecular complexity index is 543. The summed E-state index contributed by atoms with van der Waals surface area (Å²) in [6.45, 7) is 4.56. The molecule has 2 aliphatic carbocycles. The van der Waals surface area contributed by atoms with Gasteiger partial charge in [-0.2, -0.15) is 0 Å². The predicted octanol–water partition coefficient (Wildman–Crippen LogP) is 8.00. The summed E-state index contributed by atoms with van der Waals surface area (Å²) in [7, 11) is 0. The zero-order valence-electron chi connectivity index (χ0n) is 22.7. The maximum Gasteiger partial charge on any atom is 0.404 e. The lowest BCUT2D eigenvalue weighted by atomic mass is 9.54. The van der Waals surface area contributed by atoms with E-state index in [1.807, 2.05) is 0 Å². The average molecular weight is 495 g/mol. The van der Waals surface area contributed by atoms with E-state index in [0.717, 1.165) is 51.4 Å². The van der Waals surface area contributed by atoms with Crippen molar-refractivity contribution in [2.45, 2.75) is 154 Å². The number of nitrogens with two attached hydrogens (primary N) is 2. The van der Waals surface area contributed by atoms with Crippen molar-refractivity contribution in [3.05, 3.63) is 0 Å². The van der Waals surface area contributed by atoms with Crippen LogP contribution in [0.2, 0.25) is 0 Å². The van der Waals surface area contributed by atoms with Crippen molar-refractivity contribution >= 4 is 12.2 Å². The number of ether oxygens (including phenoxy) is 2. The van der Waals surface area contributed by atoms with E-state index in [4.69, 9.17) is 20.9 Å². The molecule has 2 aliphatic rings. The highest BCUT2D eigenvalue weighted by Crippen LogP contribution is 2.55. The number of amides is 2. The molecule has 2 amide bonds. The molecule has 6 nitrogen and oxygen atoms in total. The number of unbranched alkanes of at least 4 members (excludes halogenated alkanes) is 8. The minimum Gasteiger partial charge on any atom is -0.446 e. The van der Waals surface area contributed by atoms with E-state index in [-0.39, 0.29) is 12.2 Å². The van der Waals surface area contributed by atoms with Crippen LogP contribution in [0.3, 0.4) is 0 Å². The predicted molar refractivity (Wildman–Crippen MR) is 142 cm³/mol. The third-order valence-electron chi connectivity index (χ3n) is 9.03. The summed E-state index contributed by atoms with van der Waals surface area (Å²) < 4.78 is 10.8. The monoisotopic (exact) mass is 494 g/mol. The van der Waals surface area contributed by atoms with Crippen LogP contribution < -0.4 is 11.5 Å². The summed E-state index contributed by atoms with van der Waals surface area (Å²) in [4.78, 5) is 22.6. The second-order valence-corrected chi connectivity index (χ2v) is 11.4. The molecular weight excluding hydrogens is 440 g/mol. The van der Waals surface area contributed by atoms with E-state index in [1.54, 1.807) is 0 Å². The molecule has 0 aromatic carbocycles. The van der Waals surface area contributed by atoms with Gasteiger partial charge in [0.1, 0.15) is 12.2 Å². The van der Waals surface area contributed by atoms with Gasteiger partial charge in [0.15, 0.2) is 0 Å². The largest absolute Gasteiger partial charge is 0.446 e. The van der Waals surface area contributed by atoms with Crippen LogP contribution in [0, 0.1) is 17.3 Å². The standard InChI is InChI=1S/C29H54N2O4/c1-3-5-7-9-11-21-29(22-12-10-8-6-4-2,23-13-17-25(18-14-23)34-27(30)32)24-15-19-26(20-16-24)35-28(31)33/h23-26H,3-22H2,1-2H3,(H2,30,32)(H2,31,33). The molecule has 0 heterocycles. The van der Waals surface area contributed by atoms with Crippen molar-refractivity contribution in [1.82, 2.24) is 0 Å². The quantitative estimate of drug-likeness (QED) is 0.212. The molecule has 2 saturated carbocycles. The molecule has 0 saturated heterocycles. The van der Waals surface area contributed by atoms with Gasteiger partial charge in [-0.1, -0.05) is 78.1 Å². The number of carbonyl (C=O) groups is 2.